The van der Waals surface area contributed by atoms with Gasteiger partial charge in [-0.1, -0.05) is 18.2 Å². The molecule has 0 radical (unpaired) electrons. The number of nitrogens with two attached hydrogens (primary N) is 1. The van der Waals surface area contributed by atoms with Gasteiger partial charge in [0.05, 0.1) is 5.69 Å². The largest absolute Gasteiger partial charge is 0.485 e. The Labute approximate surface area is 112 Å². The van der Waals surface area contributed by atoms with Gasteiger partial charge in [-0.15, -0.1) is 0 Å². The van der Waals surface area contributed by atoms with Gasteiger partial charge in [-0.2, -0.15) is 5.10 Å². The molecule has 0 spiro atoms. The SMILES string of the molecule is Cc1nn(C)c(C)c1OCc1cccc(CN)c1F. The second-order valence-electron chi connectivity index (χ2n) is 4.51. The Morgan fingerprint density at radius 1 is 1.32 bits per heavy atom. The minimum absolute atomic E-state index is 0.174. The Kier molecular flexibility index (Phi) is 3.85. The first-order chi connectivity index (χ1) is 9.04. The van der Waals surface area contributed by atoms with E-state index < -0.39 is 0 Å². The lowest BCUT2D eigenvalue weighted by Gasteiger charge is -2.09. The standard InChI is InChI=1S/C14H18FN3O/c1-9-14(10(2)18(3)17-9)19-8-12-6-4-5-11(7-16)13(12)15/h4-6H,7-8,16H2,1-3H3. The maximum atomic E-state index is 14.0. The van der Waals surface area contributed by atoms with E-state index in [9.17, 15) is 4.39 Å². The molecule has 2 rings (SSSR count). The Morgan fingerprint density at radius 3 is 2.58 bits per heavy atom. The van der Waals surface area contributed by atoms with Crippen LogP contribution in [0.2, 0.25) is 0 Å². The van der Waals surface area contributed by atoms with Gasteiger partial charge in [-0.3, -0.25) is 4.68 Å². The van der Waals surface area contributed by atoms with Crippen molar-refractivity contribution in [2.24, 2.45) is 12.8 Å². The fourth-order valence-corrected chi connectivity index (χ4v) is 2.02. The molecule has 102 valence electrons. The molecule has 0 unspecified atom stereocenters. The van der Waals surface area contributed by atoms with Crippen LogP contribution in [0.1, 0.15) is 22.5 Å². The monoisotopic (exact) mass is 263 g/mol. The lowest BCUT2D eigenvalue weighted by atomic mass is 10.1. The van der Waals surface area contributed by atoms with Crippen molar-refractivity contribution in [3.05, 3.63) is 46.5 Å². The van der Waals surface area contributed by atoms with Crippen molar-refractivity contribution in [2.45, 2.75) is 27.0 Å². The van der Waals surface area contributed by atoms with Crippen LogP contribution in [0.5, 0.6) is 5.75 Å². The summed E-state index contributed by atoms with van der Waals surface area (Å²) in [6, 6.07) is 5.17. The summed E-state index contributed by atoms with van der Waals surface area (Å²) in [5.41, 5.74) is 8.22. The first-order valence-corrected chi connectivity index (χ1v) is 6.14. The highest BCUT2D eigenvalue weighted by molar-refractivity contribution is 5.32. The fraction of sp³-hybridized carbons (Fsp3) is 0.357. The Balaban J connectivity index is 2.19. The normalized spacial score (nSPS) is 10.8. The Hall–Kier alpha value is -1.88. The number of aromatic nitrogens is 2. The van der Waals surface area contributed by atoms with E-state index >= 15 is 0 Å². The molecule has 0 atom stereocenters. The van der Waals surface area contributed by atoms with Crippen molar-refractivity contribution < 1.29 is 9.13 Å². The van der Waals surface area contributed by atoms with Crippen molar-refractivity contribution in [1.82, 2.24) is 9.78 Å². The van der Waals surface area contributed by atoms with Gasteiger partial charge in [-0.25, -0.2) is 4.39 Å². The average molecular weight is 263 g/mol. The molecule has 2 N–H and O–H groups in total. The van der Waals surface area contributed by atoms with Gasteiger partial charge in [-0.05, 0) is 13.8 Å². The molecule has 1 aromatic carbocycles. The van der Waals surface area contributed by atoms with Crippen molar-refractivity contribution >= 4 is 0 Å². The van der Waals surface area contributed by atoms with Gasteiger partial charge < -0.3 is 10.5 Å². The summed E-state index contributed by atoms with van der Waals surface area (Å²) >= 11 is 0. The smallest absolute Gasteiger partial charge is 0.163 e. The molecular weight excluding hydrogens is 245 g/mol. The van der Waals surface area contributed by atoms with Gasteiger partial charge in [0.1, 0.15) is 18.1 Å². The number of nitrogens with zero attached hydrogens (tertiary/aromatic N) is 2. The summed E-state index contributed by atoms with van der Waals surface area (Å²) in [5, 5.41) is 4.26. The predicted octanol–water partition coefficient (Wildman–Crippen LogP) is 2.21. The number of hydrogen-bond acceptors (Lipinski definition) is 3. The summed E-state index contributed by atoms with van der Waals surface area (Å²) in [6.45, 7) is 4.15. The molecule has 0 bridgehead atoms. The number of aryl methyl sites for hydroxylation is 2. The second kappa shape index (κ2) is 5.40. The van der Waals surface area contributed by atoms with Crippen molar-refractivity contribution in [3.63, 3.8) is 0 Å². The van der Waals surface area contributed by atoms with Crippen LogP contribution >= 0.6 is 0 Å². The highest BCUT2D eigenvalue weighted by Crippen LogP contribution is 2.23. The second-order valence-corrected chi connectivity index (χ2v) is 4.51. The number of halogens is 1. The predicted molar refractivity (Wildman–Crippen MR) is 71.3 cm³/mol. The highest BCUT2D eigenvalue weighted by atomic mass is 19.1. The zero-order valence-electron chi connectivity index (χ0n) is 11.4. The van der Waals surface area contributed by atoms with E-state index in [2.05, 4.69) is 5.10 Å². The molecule has 0 amide bonds. The Morgan fingerprint density at radius 2 is 2.00 bits per heavy atom. The van der Waals surface area contributed by atoms with Crippen LogP contribution in [-0.2, 0) is 20.2 Å². The van der Waals surface area contributed by atoms with E-state index in [1.54, 1.807) is 22.9 Å². The van der Waals surface area contributed by atoms with Gasteiger partial charge in [0.2, 0.25) is 0 Å². The molecule has 1 aromatic heterocycles. The average Bonchev–Trinajstić information content (AvgIpc) is 2.63. The van der Waals surface area contributed by atoms with Crippen LogP contribution in [0.25, 0.3) is 0 Å². The molecule has 0 aliphatic rings. The van der Waals surface area contributed by atoms with E-state index in [0.29, 0.717) is 16.9 Å². The zero-order chi connectivity index (χ0) is 14.0. The van der Waals surface area contributed by atoms with Crippen LogP contribution in [0.4, 0.5) is 4.39 Å². The minimum atomic E-state index is -0.288. The minimum Gasteiger partial charge on any atom is -0.485 e. The van der Waals surface area contributed by atoms with Crippen LogP contribution in [-0.4, -0.2) is 9.78 Å². The topological polar surface area (TPSA) is 53.1 Å². The summed E-state index contributed by atoms with van der Waals surface area (Å²) in [6.07, 6.45) is 0. The van der Waals surface area contributed by atoms with Crippen LogP contribution in [0.15, 0.2) is 18.2 Å². The van der Waals surface area contributed by atoms with E-state index in [1.165, 1.54) is 0 Å². The van der Waals surface area contributed by atoms with Crippen LogP contribution < -0.4 is 10.5 Å². The van der Waals surface area contributed by atoms with E-state index in [1.807, 2.05) is 20.9 Å². The highest BCUT2D eigenvalue weighted by Gasteiger charge is 2.12. The number of hydrogen-bond donors (Lipinski definition) is 1. The number of ether oxygens (including phenoxy) is 1. The maximum absolute atomic E-state index is 14.0. The molecule has 19 heavy (non-hydrogen) atoms. The van der Waals surface area contributed by atoms with Gasteiger partial charge in [0.25, 0.3) is 0 Å². The van der Waals surface area contributed by atoms with Crippen molar-refractivity contribution in [2.75, 3.05) is 0 Å². The number of benzene rings is 1. The van der Waals surface area contributed by atoms with E-state index in [4.69, 9.17) is 10.5 Å². The summed E-state index contributed by atoms with van der Waals surface area (Å²) in [7, 11) is 1.85. The van der Waals surface area contributed by atoms with Crippen LogP contribution in [0, 0.1) is 19.7 Å². The molecule has 5 heteroatoms. The molecule has 2 aromatic rings. The summed E-state index contributed by atoms with van der Waals surface area (Å²) < 4.78 is 21.4. The summed E-state index contributed by atoms with van der Waals surface area (Å²) in [5.74, 6) is 0.421. The third kappa shape index (κ3) is 2.61. The quantitative estimate of drug-likeness (QED) is 0.920. The lowest BCUT2D eigenvalue weighted by molar-refractivity contribution is 0.295. The maximum Gasteiger partial charge on any atom is 0.163 e. The fourth-order valence-electron chi connectivity index (χ4n) is 2.02. The van der Waals surface area contributed by atoms with Gasteiger partial charge in [0, 0.05) is 24.7 Å². The molecule has 0 aliphatic heterocycles. The number of rotatable bonds is 4. The molecule has 4 nitrogen and oxygen atoms in total. The zero-order valence-corrected chi connectivity index (χ0v) is 11.4. The van der Waals surface area contributed by atoms with Gasteiger partial charge in [0.15, 0.2) is 5.75 Å². The van der Waals surface area contributed by atoms with E-state index in [-0.39, 0.29) is 19.0 Å². The first kappa shape index (κ1) is 13.5. The molecule has 0 fully saturated rings. The molecular formula is C14H18FN3O. The molecule has 0 aliphatic carbocycles. The lowest BCUT2D eigenvalue weighted by Crippen LogP contribution is -2.05. The van der Waals surface area contributed by atoms with E-state index in [0.717, 1.165) is 11.4 Å². The molecule has 0 saturated carbocycles. The summed E-state index contributed by atoms with van der Waals surface area (Å²) in [4.78, 5) is 0. The third-order valence-electron chi connectivity index (χ3n) is 3.19. The van der Waals surface area contributed by atoms with Gasteiger partial charge >= 0.3 is 0 Å². The third-order valence-corrected chi connectivity index (χ3v) is 3.19. The Bertz CT molecular complexity index is 593. The van der Waals surface area contributed by atoms with Crippen LogP contribution in [0.3, 0.4) is 0 Å². The molecule has 0 saturated heterocycles. The first-order valence-electron chi connectivity index (χ1n) is 6.14. The van der Waals surface area contributed by atoms with Crippen molar-refractivity contribution in [1.29, 1.82) is 0 Å². The molecule has 1 heterocycles. The van der Waals surface area contributed by atoms with Crippen molar-refractivity contribution in [3.8, 4) is 5.75 Å².